The Bertz CT molecular complexity index is 1360. The highest BCUT2D eigenvalue weighted by Gasteiger charge is 2.13. The van der Waals surface area contributed by atoms with Crippen LogP contribution in [0.2, 0.25) is 0 Å². The number of benzene rings is 3. The van der Waals surface area contributed by atoms with Crippen LogP contribution in [0.4, 0.5) is 22.7 Å². The average Bonchev–Trinajstić information content (AvgIpc) is 2.67. The maximum absolute atomic E-state index is 11.4. The smallest absolute Gasteiger partial charge is 0.271 e. The number of pyridine rings is 1. The number of hydrogen-bond donors (Lipinski definition) is 2. The molecule has 0 unspecified atom stereocenters. The van der Waals surface area contributed by atoms with Crippen LogP contribution in [0.5, 0.6) is 0 Å². The monoisotopic (exact) mass is 444 g/mol. The van der Waals surface area contributed by atoms with Crippen molar-refractivity contribution in [1.29, 1.82) is 0 Å². The maximum atomic E-state index is 11.4. The zero-order valence-corrected chi connectivity index (χ0v) is 17.3. The highest BCUT2D eigenvalue weighted by molar-refractivity contribution is 7.92. The fourth-order valence-corrected chi connectivity index (χ4v) is 3.67. The Morgan fingerprint density at radius 3 is 2.20 bits per heavy atom. The molecule has 0 atom stereocenters. The highest BCUT2D eigenvalue weighted by atomic mass is 35.5. The van der Waals surface area contributed by atoms with Gasteiger partial charge in [-0.05, 0) is 36.4 Å². The molecular weight excluding hydrogens is 428 g/mol. The van der Waals surface area contributed by atoms with E-state index in [0.29, 0.717) is 16.7 Å². The number of anilines is 3. The number of nitrogens with one attached hydrogen (secondary N) is 2. The zero-order chi connectivity index (χ0) is 20.6. The van der Waals surface area contributed by atoms with Gasteiger partial charge in [-0.25, -0.2) is 13.4 Å². The molecule has 0 amide bonds. The molecule has 4 rings (SSSR count). The maximum Gasteiger partial charge on any atom is 0.271 e. The third-order valence-electron chi connectivity index (χ3n) is 4.33. The first-order chi connectivity index (χ1) is 13.8. The van der Waals surface area contributed by atoms with Crippen molar-refractivity contribution in [3.63, 3.8) is 0 Å². The molecular formula is C20H17ClN4O4S. The zero-order valence-electron chi connectivity index (χ0n) is 15.7. The van der Waals surface area contributed by atoms with Crippen molar-refractivity contribution in [3.05, 3.63) is 76.8 Å². The summed E-state index contributed by atoms with van der Waals surface area (Å²) >= 11 is 0. The number of rotatable bonds is 5. The first kappa shape index (κ1) is 21.3. The molecule has 0 bridgehead atoms. The predicted octanol–water partition coefficient (Wildman–Crippen LogP) is 4.83. The van der Waals surface area contributed by atoms with Crippen LogP contribution in [0.15, 0.2) is 66.7 Å². The van der Waals surface area contributed by atoms with Crippen LogP contribution in [-0.4, -0.2) is 24.6 Å². The molecule has 1 heterocycles. The standard InChI is InChI=1S/C20H16N4O4S.ClH/c1-29(27,28)23-14-8-6-13(7-9-14)21-20-16-4-2-3-5-18(16)22-19-12-15(24(25)26)10-11-17(19)20;/h2-12,23H,1H3,(H,21,22);1H. The summed E-state index contributed by atoms with van der Waals surface area (Å²) in [6.45, 7) is 0. The van der Waals surface area contributed by atoms with E-state index >= 15 is 0 Å². The van der Waals surface area contributed by atoms with E-state index in [1.807, 2.05) is 24.3 Å². The van der Waals surface area contributed by atoms with Gasteiger partial charge in [0.25, 0.3) is 5.69 Å². The van der Waals surface area contributed by atoms with Crippen LogP contribution in [0, 0.1) is 10.1 Å². The van der Waals surface area contributed by atoms with Crippen molar-refractivity contribution in [2.45, 2.75) is 0 Å². The number of para-hydroxylation sites is 1. The molecule has 4 aromatic rings. The molecule has 0 aliphatic carbocycles. The third kappa shape index (κ3) is 4.42. The van der Waals surface area contributed by atoms with Crippen molar-refractivity contribution in [2.24, 2.45) is 0 Å². The molecule has 3 aromatic carbocycles. The number of fused-ring (bicyclic) bond motifs is 2. The number of hydrogen-bond acceptors (Lipinski definition) is 6. The summed E-state index contributed by atoms with van der Waals surface area (Å²) in [5.74, 6) is 0. The summed E-state index contributed by atoms with van der Waals surface area (Å²) in [5, 5.41) is 16.1. The molecule has 2 N–H and O–H groups in total. The number of aromatic nitrogens is 1. The Kier molecular flexibility index (Phi) is 5.77. The Balaban J connectivity index is 0.00000256. The Morgan fingerprint density at radius 2 is 1.53 bits per heavy atom. The number of non-ortho nitro benzene ring substituents is 1. The van der Waals surface area contributed by atoms with E-state index in [9.17, 15) is 18.5 Å². The number of nitro groups is 1. The van der Waals surface area contributed by atoms with E-state index < -0.39 is 14.9 Å². The minimum absolute atomic E-state index is 0. The van der Waals surface area contributed by atoms with E-state index in [-0.39, 0.29) is 18.1 Å². The topological polar surface area (TPSA) is 114 Å². The summed E-state index contributed by atoms with van der Waals surface area (Å²) in [7, 11) is -3.35. The summed E-state index contributed by atoms with van der Waals surface area (Å²) in [6.07, 6.45) is 1.09. The van der Waals surface area contributed by atoms with Gasteiger partial charge in [-0.3, -0.25) is 14.8 Å². The van der Waals surface area contributed by atoms with E-state index in [2.05, 4.69) is 15.0 Å². The first-order valence-corrected chi connectivity index (χ1v) is 10.5. The fraction of sp³-hybridized carbons (Fsp3) is 0.0500. The van der Waals surface area contributed by atoms with Crippen LogP contribution >= 0.6 is 12.4 Å². The van der Waals surface area contributed by atoms with Crippen LogP contribution < -0.4 is 10.0 Å². The Hall–Kier alpha value is -3.43. The lowest BCUT2D eigenvalue weighted by molar-refractivity contribution is -0.384. The van der Waals surface area contributed by atoms with Gasteiger partial charge in [-0.2, -0.15) is 0 Å². The van der Waals surface area contributed by atoms with Gasteiger partial charge in [0.1, 0.15) is 0 Å². The number of sulfonamides is 1. The summed E-state index contributed by atoms with van der Waals surface area (Å²) in [5.41, 5.74) is 3.15. The van der Waals surface area contributed by atoms with E-state index in [1.54, 1.807) is 30.3 Å². The van der Waals surface area contributed by atoms with E-state index in [1.165, 1.54) is 12.1 Å². The van der Waals surface area contributed by atoms with Gasteiger partial charge >= 0.3 is 0 Å². The largest absolute Gasteiger partial charge is 0.354 e. The van der Waals surface area contributed by atoms with Crippen molar-refractivity contribution in [3.8, 4) is 0 Å². The summed E-state index contributed by atoms with van der Waals surface area (Å²) in [6, 6.07) is 18.9. The Morgan fingerprint density at radius 1 is 0.900 bits per heavy atom. The van der Waals surface area contributed by atoms with Gasteiger partial charge in [0.05, 0.1) is 27.9 Å². The van der Waals surface area contributed by atoms with Crippen LogP contribution in [0.25, 0.3) is 21.8 Å². The number of nitro benzene ring substituents is 1. The number of halogens is 1. The van der Waals surface area contributed by atoms with Crippen molar-refractivity contribution in [2.75, 3.05) is 16.3 Å². The molecule has 10 heteroatoms. The normalized spacial score (nSPS) is 11.1. The molecule has 8 nitrogen and oxygen atoms in total. The van der Waals surface area contributed by atoms with Gasteiger partial charge in [-0.1, -0.05) is 18.2 Å². The second-order valence-corrected chi connectivity index (χ2v) is 8.29. The molecule has 0 saturated carbocycles. The second kappa shape index (κ2) is 8.13. The molecule has 1 aromatic heterocycles. The quantitative estimate of drug-likeness (QED) is 0.259. The number of nitrogens with zero attached hydrogens (tertiary/aromatic N) is 2. The molecule has 0 radical (unpaired) electrons. The van der Waals surface area contributed by atoms with Crippen LogP contribution in [0.1, 0.15) is 0 Å². The first-order valence-electron chi connectivity index (χ1n) is 8.62. The Labute approximate surface area is 178 Å². The molecule has 0 aliphatic heterocycles. The predicted molar refractivity (Wildman–Crippen MR) is 121 cm³/mol. The van der Waals surface area contributed by atoms with E-state index in [4.69, 9.17) is 0 Å². The molecule has 0 spiro atoms. The summed E-state index contributed by atoms with van der Waals surface area (Å²) in [4.78, 5) is 15.2. The molecule has 0 fully saturated rings. The van der Waals surface area contributed by atoms with Gasteiger partial charge in [0, 0.05) is 34.3 Å². The molecule has 30 heavy (non-hydrogen) atoms. The molecule has 0 saturated heterocycles. The lowest BCUT2D eigenvalue weighted by Crippen LogP contribution is -2.09. The fourth-order valence-electron chi connectivity index (χ4n) is 3.11. The van der Waals surface area contributed by atoms with Gasteiger partial charge in [-0.15, -0.1) is 12.4 Å². The minimum atomic E-state index is -3.35. The highest BCUT2D eigenvalue weighted by Crippen LogP contribution is 2.34. The lowest BCUT2D eigenvalue weighted by atomic mass is 10.1. The lowest BCUT2D eigenvalue weighted by Gasteiger charge is -2.14. The van der Waals surface area contributed by atoms with Crippen molar-refractivity contribution < 1.29 is 13.3 Å². The van der Waals surface area contributed by atoms with Crippen molar-refractivity contribution >= 4 is 67.0 Å². The van der Waals surface area contributed by atoms with Crippen LogP contribution in [0.3, 0.4) is 0 Å². The second-order valence-electron chi connectivity index (χ2n) is 6.54. The molecule has 154 valence electrons. The third-order valence-corrected chi connectivity index (χ3v) is 4.94. The minimum Gasteiger partial charge on any atom is -0.354 e. The SMILES string of the molecule is CS(=O)(=O)Nc1ccc(Nc2c3ccccc3nc3cc([N+](=O)[O-])ccc23)cc1.Cl. The van der Waals surface area contributed by atoms with Crippen LogP contribution in [-0.2, 0) is 10.0 Å². The van der Waals surface area contributed by atoms with Gasteiger partial charge < -0.3 is 5.32 Å². The van der Waals surface area contributed by atoms with E-state index in [0.717, 1.165) is 28.4 Å². The van der Waals surface area contributed by atoms with Crippen molar-refractivity contribution in [1.82, 2.24) is 4.98 Å². The average molecular weight is 445 g/mol. The van der Waals surface area contributed by atoms with Gasteiger partial charge in [0.2, 0.25) is 10.0 Å². The summed E-state index contributed by atoms with van der Waals surface area (Å²) < 4.78 is 25.1. The van der Waals surface area contributed by atoms with Gasteiger partial charge in [0.15, 0.2) is 0 Å². The molecule has 0 aliphatic rings.